The van der Waals surface area contributed by atoms with E-state index in [0.29, 0.717) is 18.1 Å². The molecule has 0 bridgehead atoms. The van der Waals surface area contributed by atoms with Gasteiger partial charge in [0, 0.05) is 22.1 Å². The molecule has 1 aromatic rings. The molecule has 1 N–H and O–H groups in total. The second-order valence-electron chi connectivity index (χ2n) is 5.21. The normalized spacial score (nSPS) is 24.6. The average Bonchev–Trinajstić information content (AvgIpc) is 2.78. The lowest BCUT2D eigenvalue weighted by molar-refractivity contribution is 0.0615. The highest BCUT2D eigenvalue weighted by molar-refractivity contribution is 9.10. The van der Waals surface area contributed by atoms with Crippen molar-refractivity contribution in [3.8, 4) is 0 Å². The number of benzene rings is 1. The molecule has 106 valence electrons. The van der Waals surface area contributed by atoms with Gasteiger partial charge in [-0.1, -0.05) is 47.4 Å². The molecule has 3 unspecified atom stereocenters. The Labute approximate surface area is 129 Å². The first kappa shape index (κ1) is 15.3. The first-order valence-corrected chi connectivity index (χ1v) is 8.07. The van der Waals surface area contributed by atoms with E-state index in [-0.39, 0.29) is 0 Å². The van der Waals surface area contributed by atoms with Crippen LogP contribution < -0.4 is 5.32 Å². The highest BCUT2D eigenvalue weighted by Crippen LogP contribution is 2.27. The van der Waals surface area contributed by atoms with Crippen LogP contribution in [0.15, 0.2) is 22.7 Å². The molecule has 1 saturated heterocycles. The molecule has 0 spiro atoms. The van der Waals surface area contributed by atoms with Crippen molar-refractivity contribution in [2.45, 2.75) is 38.8 Å². The summed E-state index contributed by atoms with van der Waals surface area (Å²) in [4.78, 5) is 0. The average molecular weight is 347 g/mol. The summed E-state index contributed by atoms with van der Waals surface area (Å²) in [6.07, 6.45) is 2.36. The summed E-state index contributed by atoms with van der Waals surface area (Å²) in [7, 11) is 0. The van der Waals surface area contributed by atoms with E-state index < -0.39 is 0 Å². The summed E-state index contributed by atoms with van der Waals surface area (Å²) in [5, 5.41) is 4.37. The van der Waals surface area contributed by atoms with Crippen molar-refractivity contribution in [1.82, 2.24) is 5.32 Å². The van der Waals surface area contributed by atoms with E-state index in [0.717, 1.165) is 35.5 Å². The van der Waals surface area contributed by atoms with E-state index in [1.807, 2.05) is 12.1 Å². The predicted octanol–water partition coefficient (Wildman–Crippen LogP) is 4.05. The van der Waals surface area contributed by atoms with Crippen LogP contribution in [0.5, 0.6) is 0 Å². The molecule has 1 fully saturated rings. The molecular weight excluding hydrogens is 326 g/mol. The van der Waals surface area contributed by atoms with Crippen molar-refractivity contribution in [1.29, 1.82) is 0 Å². The molecule has 0 amide bonds. The van der Waals surface area contributed by atoms with Crippen molar-refractivity contribution < 1.29 is 4.74 Å². The van der Waals surface area contributed by atoms with Crippen molar-refractivity contribution in [3.05, 3.63) is 33.3 Å². The van der Waals surface area contributed by atoms with Crippen LogP contribution in [-0.4, -0.2) is 25.3 Å². The van der Waals surface area contributed by atoms with Crippen LogP contribution in [0.1, 0.15) is 25.8 Å². The van der Waals surface area contributed by atoms with Gasteiger partial charge in [-0.15, -0.1) is 0 Å². The Morgan fingerprint density at radius 3 is 2.89 bits per heavy atom. The second kappa shape index (κ2) is 7.07. The Morgan fingerprint density at radius 2 is 2.32 bits per heavy atom. The van der Waals surface area contributed by atoms with Gasteiger partial charge in [-0.3, -0.25) is 0 Å². The zero-order valence-corrected chi connectivity index (χ0v) is 13.8. The first-order chi connectivity index (χ1) is 9.11. The zero-order chi connectivity index (χ0) is 13.8. The molecule has 0 aromatic heterocycles. The molecule has 2 nitrogen and oxygen atoms in total. The van der Waals surface area contributed by atoms with E-state index in [1.54, 1.807) is 0 Å². The monoisotopic (exact) mass is 345 g/mol. The van der Waals surface area contributed by atoms with E-state index >= 15 is 0 Å². The van der Waals surface area contributed by atoms with Crippen molar-refractivity contribution in [3.63, 3.8) is 0 Å². The maximum atomic E-state index is 6.32. The Balaban J connectivity index is 2.11. The number of hydrogen-bond donors (Lipinski definition) is 1. The number of ether oxygens (including phenoxy) is 1. The molecule has 0 aliphatic carbocycles. The van der Waals surface area contributed by atoms with E-state index in [4.69, 9.17) is 16.3 Å². The van der Waals surface area contributed by atoms with Crippen LogP contribution in [0.4, 0.5) is 0 Å². The minimum atomic E-state index is 0.291. The summed E-state index contributed by atoms with van der Waals surface area (Å²) >= 11 is 9.76. The van der Waals surface area contributed by atoms with Gasteiger partial charge in [0.15, 0.2) is 0 Å². The Kier molecular flexibility index (Phi) is 5.70. The Morgan fingerprint density at radius 1 is 1.53 bits per heavy atom. The minimum Gasteiger partial charge on any atom is -0.376 e. The predicted molar refractivity (Wildman–Crippen MR) is 83.8 cm³/mol. The minimum absolute atomic E-state index is 0.291. The van der Waals surface area contributed by atoms with Gasteiger partial charge >= 0.3 is 0 Å². The largest absolute Gasteiger partial charge is 0.376 e. The SMILES string of the molecule is CCNC(Cc1ccc(Br)cc1Cl)C1OCCC1C. The highest BCUT2D eigenvalue weighted by atomic mass is 79.9. The summed E-state index contributed by atoms with van der Waals surface area (Å²) in [5.41, 5.74) is 1.18. The van der Waals surface area contributed by atoms with E-state index in [2.05, 4.69) is 41.2 Å². The summed E-state index contributed by atoms with van der Waals surface area (Å²) in [6.45, 7) is 6.23. The Hall–Kier alpha value is -0.0900. The van der Waals surface area contributed by atoms with E-state index in [1.165, 1.54) is 5.56 Å². The standard InChI is InChI=1S/C15H21BrClNO/c1-3-18-14(15-10(2)6-7-19-15)8-11-4-5-12(16)9-13(11)17/h4-5,9-10,14-15,18H,3,6-8H2,1-2H3. The van der Waals surface area contributed by atoms with E-state index in [9.17, 15) is 0 Å². The maximum absolute atomic E-state index is 6.32. The fourth-order valence-electron chi connectivity index (χ4n) is 2.72. The van der Waals surface area contributed by atoms with Gasteiger partial charge in [0.05, 0.1) is 6.10 Å². The number of nitrogens with one attached hydrogen (secondary N) is 1. The lowest BCUT2D eigenvalue weighted by Crippen LogP contribution is -2.43. The molecule has 1 aliphatic rings. The number of rotatable bonds is 5. The molecule has 1 aliphatic heterocycles. The molecule has 0 radical (unpaired) electrons. The van der Waals surface area contributed by atoms with Gasteiger partial charge in [-0.05, 0) is 43.0 Å². The van der Waals surface area contributed by atoms with Crippen molar-refractivity contribution in [2.24, 2.45) is 5.92 Å². The number of likely N-dealkylation sites (N-methyl/N-ethyl adjacent to an activating group) is 1. The van der Waals surface area contributed by atoms with Crippen LogP contribution in [-0.2, 0) is 11.2 Å². The zero-order valence-electron chi connectivity index (χ0n) is 11.5. The Bertz CT molecular complexity index is 427. The third kappa shape index (κ3) is 3.94. The van der Waals surface area contributed by atoms with Gasteiger partial charge in [0.1, 0.15) is 0 Å². The number of halogens is 2. The summed E-state index contributed by atoms with van der Waals surface area (Å²) < 4.78 is 6.92. The molecule has 19 heavy (non-hydrogen) atoms. The van der Waals surface area contributed by atoms with Gasteiger partial charge in [0.2, 0.25) is 0 Å². The third-order valence-corrected chi connectivity index (χ3v) is 4.61. The molecule has 0 saturated carbocycles. The maximum Gasteiger partial charge on any atom is 0.0757 e. The van der Waals surface area contributed by atoms with Crippen molar-refractivity contribution in [2.75, 3.05) is 13.2 Å². The van der Waals surface area contributed by atoms with Crippen LogP contribution in [0.25, 0.3) is 0 Å². The van der Waals surface area contributed by atoms with Crippen LogP contribution in [0.3, 0.4) is 0 Å². The molecule has 4 heteroatoms. The van der Waals surface area contributed by atoms with Crippen LogP contribution in [0, 0.1) is 5.92 Å². The second-order valence-corrected chi connectivity index (χ2v) is 6.53. The number of hydrogen-bond acceptors (Lipinski definition) is 2. The molecule has 3 atom stereocenters. The fourth-order valence-corrected chi connectivity index (χ4v) is 3.47. The van der Waals surface area contributed by atoms with Gasteiger partial charge in [-0.2, -0.15) is 0 Å². The summed E-state index contributed by atoms with van der Waals surface area (Å²) in [5.74, 6) is 0.610. The van der Waals surface area contributed by atoms with Gasteiger partial charge < -0.3 is 10.1 Å². The highest BCUT2D eigenvalue weighted by Gasteiger charge is 2.31. The molecular formula is C15H21BrClNO. The lowest BCUT2D eigenvalue weighted by Gasteiger charge is -2.27. The van der Waals surface area contributed by atoms with Gasteiger partial charge in [-0.25, -0.2) is 0 Å². The summed E-state index contributed by atoms with van der Waals surface area (Å²) in [6, 6.07) is 6.43. The smallest absolute Gasteiger partial charge is 0.0757 e. The molecule has 1 aromatic carbocycles. The van der Waals surface area contributed by atoms with Crippen molar-refractivity contribution >= 4 is 27.5 Å². The fraction of sp³-hybridized carbons (Fsp3) is 0.600. The topological polar surface area (TPSA) is 21.3 Å². The van der Waals surface area contributed by atoms with Gasteiger partial charge in [0.25, 0.3) is 0 Å². The van der Waals surface area contributed by atoms with Crippen LogP contribution in [0.2, 0.25) is 5.02 Å². The molecule has 1 heterocycles. The lowest BCUT2D eigenvalue weighted by atomic mass is 9.93. The third-order valence-electron chi connectivity index (χ3n) is 3.76. The first-order valence-electron chi connectivity index (χ1n) is 6.90. The quantitative estimate of drug-likeness (QED) is 0.868. The van der Waals surface area contributed by atoms with Crippen LogP contribution >= 0.6 is 27.5 Å². The molecule has 2 rings (SSSR count).